The normalized spacial score (nSPS) is 11.1. The van der Waals surface area contributed by atoms with Gasteiger partial charge in [0.15, 0.2) is 0 Å². The van der Waals surface area contributed by atoms with Crippen molar-refractivity contribution in [1.29, 1.82) is 0 Å². The highest BCUT2D eigenvalue weighted by Crippen LogP contribution is 2.25. The third-order valence-corrected chi connectivity index (χ3v) is 3.82. The number of methoxy groups -OCH3 is 1. The fourth-order valence-electron chi connectivity index (χ4n) is 2.11. The molecule has 1 aromatic heterocycles. The first-order valence-corrected chi connectivity index (χ1v) is 7.78. The molecule has 0 aliphatic heterocycles. The molecule has 0 radical (unpaired) electrons. The Morgan fingerprint density at radius 2 is 2.19 bits per heavy atom. The number of halogens is 1. The fraction of sp³-hybridized carbons (Fsp3) is 0.467. The number of benzene rings is 1. The van der Waals surface area contributed by atoms with E-state index in [4.69, 9.17) is 4.74 Å². The maximum atomic E-state index is 5.26. The molecule has 1 heterocycles. The zero-order chi connectivity index (χ0) is 15.2. The summed E-state index contributed by atoms with van der Waals surface area (Å²) >= 11 is 3.56. The Bertz CT molecular complexity index is 583. The number of aromatic nitrogens is 3. The van der Waals surface area contributed by atoms with Crippen LogP contribution in [0.15, 0.2) is 29.0 Å². The quantitative estimate of drug-likeness (QED) is 0.828. The second-order valence-electron chi connectivity index (χ2n) is 5.30. The molecule has 0 spiro atoms. The molecule has 0 bridgehead atoms. The Balaban J connectivity index is 2.10. The molecule has 0 aliphatic rings. The third kappa shape index (κ3) is 4.28. The molecule has 0 unspecified atom stereocenters. The van der Waals surface area contributed by atoms with Crippen LogP contribution in [-0.4, -0.2) is 21.9 Å². The van der Waals surface area contributed by atoms with Crippen molar-refractivity contribution >= 4 is 21.6 Å². The number of hydrogen-bond donors (Lipinski definition) is 1. The van der Waals surface area contributed by atoms with Gasteiger partial charge in [-0.25, -0.2) is 9.67 Å². The monoisotopic (exact) mass is 352 g/mol. The smallest absolute Gasteiger partial charge is 0.146 e. The van der Waals surface area contributed by atoms with Gasteiger partial charge in [0.2, 0.25) is 0 Å². The highest BCUT2D eigenvalue weighted by Gasteiger charge is 2.09. The lowest BCUT2D eigenvalue weighted by molar-refractivity contribution is 0.185. The summed E-state index contributed by atoms with van der Waals surface area (Å²) < 4.78 is 8.25. The zero-order valence-corrected chi connectivity index (χ0v) is 14.2. The molecule has 0 aliphatic carbocycles. The van der Waals surface area contributed by atoms with Gasteiger partial charge >= 0.3 is 0 Å². The summed E-state index contributed by atoms with van der Waals surface area (Å²) in [5, 5.41) is 7.70. The average molecular weight is 353 g/mol. The topological polar surface area (TPSA) is 52.0 Å². The molecule has 0 saturated heterocycles. The van der Waals surface area contributed by atoms with Gasteiger partial charge in [-0.1, -0.05) is 35.8 Å². The van der Waals surface area contributed by atoms with Crippen molar-refractivity contribution in [2.75, 3.05) is 12.4 Å². The number of rotatable bonds is 7. The number of nitrogens with zero attached hydrogens (tertiary/aromatic N) is 3. The predicted molar refractivity (Wildman–Crippen MR) is 87.0 cm³/mol. The molecule has 2 aromatic rings. The molecule has 1 N–H and O–H groups in total. The van der Waals surface area contributed by atoms with Crippen LogP contribution < -0.4 is 5.32 Å². The van der Waals surface area contributed by atoms with Crippen molar-refractivity contribution in [3.05, 3.63) is 40.4 Å². The predicted octanol–water partition coefficient (Wildman–Crippen LogP) is 3.46. The van der Waals surface area contributed by atoms with Crippen LogP contribution in [0.5, 0.6) is 0 Å². The summed E-state index contributed by atoms with van der Waals surface area (Å²) in [6, 6.07) is 6.06. The van der Waals surface area contributed by atoms with Crippen molar-refractivity contribution in [2.24, 2.45) is 5.92 Å². The highest BCUT2D eigenvalue weighted by molar-refractivity contribution is 9.10. The highest BCUT2D eigenvalue weighted by atomic mass is 79.9. The molecule has 0 atom stereocenters. The first kappa shape index (κ1) is 16.0. The maximum absolute atomic E-state index is 5.26. The molecule has 6 heteroatoms. The van der Waals surface area contributed by atoms with Crippen molar-refractivity contribution in [3.63, 3.8) is 0 Å². The van der Waals surface area contributed by atoms with Gasteiger partial charge in [-0.05, 0) is 18.1 Å². The van der Waals surface area contributed by atoms with Crippen LogP contribution in [0.4, 0.5) is 5.69 Å². The van der Waals surface area contributed by atoms with Crippen LogP contribution in [-0.2, 0) is 24.4 Å². The van der Waals surface area contributed by atoms with Gasteiger partial charge in [-0.15, -0.1) is 0 Å². The van der Waals surface area contributed by atoms with Gasteiger partial charge < -0.3 is 10.1 Å². The zero-order valence-electron chi connectivity index (χ0n) is 12.6. The summed E-state index contributed by atoms with van der Waals surface area (Å²) in [6.07, 6.45) is 1.61. The van der Waals surface area contributed by atoms with Gasteiger partial charge in [-0.2, -0.15) is 5.10 Å². The molecule has 1 aromatic carbocycles. The van der Waals surface area contributed by atoms with Gasteiger partial charge in [0.05, 0.1) is 13.2 Å². The minimum Gasteiger partial charge on any atom is -0.380 e. The summed E-state index contributed by atoms with van der Waals surface area (Å²) in [5.41, 5.74) is 2.15. The standard InChI is InChI=1S/C15H21BrN4O/c1-11(2)8-20-15(18-10-19-20)7-17-14-6-4-5-13(16)12(14)9-21-3/h4-6,10-11,17H,7-9H2,1-3H3. The summed E-state index contributed by atoms with van der Waals surface area (Å²) in [7, 11) is 1.70. The fourth-order valence-corrected chi connectivity index (χ4v) is 2.59. The molecule has 114 valence electrons. The second kappa shape index (κ2) is 7.56. The number of hydrogen-bond acceptors (Lipinski definition) is 4. The Morgan fingerprint density at radius 3 is 2.90 bits per heavy atom. The van der Waals surface area contributed by atoms with E-state index in [2.05, 4.69) is 45.2 Å². The van der Waals surface area contributed by atoms with E-state index in [0.29, 0.717) is 19.1 Å². The van der Waals surface area contributed by atoms with Crippen LogP contribution in [0.1, 0.15) is 25.2 Å². The lowest BCUT2D eigenvalue weighted by Crippen LogP contribution is -2.14. The molecule has 0 fully saturated rings. The van der Waals surface area contributed by atoms with E-state index in [-0.39, 0.29) is 0 Å². The van der Waals surface area contributed by atoms with Gasteiger partial charge in [0, 0.05) is 29.4 Å². The molecule has 5 nitrogen and oxygen atoms in total. The van der Waals surface area contributed by atoms with Crippen molar-refractivity contribution < 1.29 is 4.74 Å². The summed E-state index contributed by atoms with van der Waals surface area (Å²) in [6.45, 7) is 6.41. The molecule has 0 saturated carbocycles. The first-order chi connectivity index (χ1) is 10.1. The first-order valence-electron chi connectivity index (χ1n) is 6.98. The lowest BCUT2D eigenvalue weighted by atomic mass is 10.2. The largest absolute Gasteiger partial charge is 0.380 e. The van der Waals surface area contributed by atoms with Crippen molar-refractivity contribution in [2.45, 2.75) is 33.5 Å². The van der Waals surface area contributed by atoms with E-state index >= 15 is 0 Å². The molecule has 21 heavy (non-hydrogen) atoms. The van der Waals surface area contributed by atoms with Gasteiger partial charge in [0.25, 0.3) is 0 Å². The van der Waals surface area contributed by atoms with E-state index in [0.717, 1.165) is 28.1 Å². The summed E-state index contributed by atoms with van der Waals surface area (Å²) in [5.74, 6) is 1.48. The Labute approximate surface area is 133 Å². The molecular formula is C15H21BrN4O. The minimum atomic E-state index is 0.542. The SMILES string of the molecule is COCc1c(Br)cccc1NCc1ncnn1CC(C)C. The maximum Gasteiger partial charge on any atom is 0.146 e. The van der Waals surface area contributed by atoms with E-state index in [9.17, 15) is 0 Å². The second-order valence-corrected chi connectivity index (χ2v) is 6.16. The summed E-state index contributed by atoms with van der Waals surface area (Å²) in [4.78, 5) is 4.33. The van der Waals surface area contributed by atoms with Crippen molar-refractivity contribution in [3.8, 4) is 0 Å². The van der Waals surface area contributed by atoms with E-state index in [1.54, 1.807) is 13.4 Å². The number of anilines is 1. The third-order valence-electron chi connectivity index (χ3n) is 3.08. The molecule has 2 rings (SSSR count). The van der Waals surface area contributed by atoms with Crippen LogP contribution in [0, 0.1) is 5.92 Å². The van der Waals surface area contributed by atoms with E-state index < -0.39 is 0 Å². The Morgan fingerprint density at radius 1 is 1.38 bits per heavy atom. The van der Waals surface area contributed by atoms with Crippen LogP contribution in [0.2, 0.25) is 0 Å². The van der Waals surface area contributed by atoms with Crippen LogP contribution in [0.25, 0.3) is 0 Å². The van der Waals surface area contributed by atoms with Crippen LogP contribution in [0.3, 0.4) is 0 Å². The molecular weight excluding hydrogens is 332 g/mol. The minimum absolute atomic E-state index is 0.542. The van der Waals surface area contributed by atoms with Crippen molar-refractivity contribution in [1.82, 2.24) is 14.8 Å². The average Bonchev–Trinajstić information content (AvgIpc) is 2.86. The Kier molecular flexibility index (Phi) is 5.76. The molecule has 0 amide bonds. The number of ether oxygens (including phenoxy) is 1. The van der Waals surface area contributed by atoms with E-state index in [1.807, 2.05) is 22.9 Å². The lowest BCUT2D eigenvalue weighted by Gasteiger charge is -2.14. The van der Waals surface area contributed by atoms with Gasteiger partial charge in [0.1, 0.15) is 12.2 Å². The number of nitrogens with one attached hydrogen (secondary N) is 1. The Hall–Kier alpha value is -1.40. The van der Waals surface area contributed by atoms with Gasteiger partial charge in [-0.3, -0.25) is 0 Å². The van der Waals surface area contributed by atoms with Crippen LogP contribution >= 0.6 is 15.9 Å². The van der Waals surface area contributed by atoms with E-state index in [1.165, 1.54) is 0 Å².